The molecule has 0 bridgehead atoms. The third-order valence-corrected chi connectivity index (χ3v) is 4.53. The Hall–Kier alpha value is -3.38. The average molecular weight is 396 g/mol. The zero-order valence-electron chi connectivity index (χ0n) is 15.3. The molecule has 0 fully saturated rings. The van der Waals surface area contributed by atoms with E-state index in [0.29, 0.717) is 27.6 Å². The molecule has 1 aromatic heterocycles. The zero-order valence-corrected chi connectivity index (χ0v) is 16.1. The van der Waals surface area contributed by atoms with Gasteiger partial charge in [-0.05, 0) is 48.9 Å². The number of methoxy groups -OCH3 is 1. The molecule has 0 atom stereocenters. The first kappa shape index (κ1) is 19.4. The highest BCUT2D eigenvalue weighted by Gasteiger charge is 2.13. The molecule has 2 N–H and O–H groups in total. The second-order valence-electron chi connectivity index (χ2n) is 5.96. The van der Waals surface area contributed by atoms with E-state index in [1.54, 1.807) is 54.6 Å². The largest absolute Gasteiger partial charge is 0.465 e. The fourth-order valence-electron chi connectivity index (χ4n) is 2.57. The molecule has 0 saturated carbocycles. The van der Waals surface area contributed by atoms with E-state index in [1.165, 1.54) is 13.3 Å². The summed E-state index contributed by atoms with van der Waals surface area (Å²) in [5, 5.41) is 6.49. The van der Waals surface area contributed by atoms with Crippen molar-refractivity contribution in [2.75, 3.05) is 17.7 Å². The van der Waals surface area contributed by atoms with E-state index < -0.39 is 5.97 Å². The summed E-state index contributed by atoms with van der Waals surface area (Å²) in [6.07, 6.45) is 1.52. The summed E-state index contributed by atoms with van der Waals surface area (Å²) in [5.74, 6) is -0.782. The van der Waals surface area contributed by atoms with Crippen LogP contribution in [0, 0.1) is 6.92 Å². The molecule has 0 saturated heterocycles. The van der Waals surface area contributed by atoms with Crippen LogP contribution in [0.3, 0.4) is 0 Å². The van der Waals surface area contributed by atoms with Gasteiger partial charge in [0, 0.05) is 10.7 Å². The van der Waals surface area contributed by atoms with Crippen molar-refractivity contribution < 1.29 is 14.3 Å². The highest BCUT2D eigenvalue weighted by molar-refractivity contribution is 6.31. The van der Waals surface area contributed by atoms with E-state index in [4.69, 9.17) is 16.3 Å². The van der Waals surface area contributed by atoms with Crippen molar-refractivity contribution >= 4 is 40.5 Å². The Labute approximate surface area is 167 Å². The molecule has 0 unspecified atom stereocenters. The van der Waals surface area contributed by atoms with Crippen molar-refractivity contribution in [1.29, 1.82) is 0 Å². The van der Waals surface area contributed by atoms with E-state index in [2.05, 4.69) is 15.6 Å². The highest BCUT2D eigenvalue weighted by Crippen LogP contribution is 2.24. The number of nitrogens with zero attached hydrogens (tertiary/aromatic N) is 1. The van der Waals surface area contributed by atoms with Gasteiger partial charge in [-0.15, -0.1) is 0 Å². The molecule has 3 rings (SSSR count). The minimum absolute atomic E-state index is 0.256. The Morgan fingerprint density at radius 1 is 1.00 bits per heavy atom. The predicted molar refractivity (Wildman–Crippen MR) is 109 cm³/mol. The molecule has 3 aromatic rings. The molecule has 142 valence electrons. The summed E-state index contributed by atoms with van der Waals surface area (Å²) >= 11 is 6.08. The van der Waals surface area contributed by atoms with Crippen molar-refractivity contribution in [3.63, 3.8) is 0 Å². The van der Waals surface area contributed by atoms with Crippen LogP contribution in [-0.2, 0) is 4.74 Å². The van der Waals surface area contributed by atoms with Gasteiger partial charge in [-0.25, -0.2) is 9.78 Å². The molecule has 1 amide bonds. The fourth-order valence-corrected chi connectivity index (χ4v) is 2.74. The monoisotopic (exact) mass is 395 g/mol. The van der Waals surface area contributed by atoms with E-state index in [0.717, 1.165) is 5.56 Å². The zero-order chi connectivity index (χ0) is 20.1. The first-order chi connectivity index (χ1) is 13.5. The number of para-hydroxylation sites is 1. The molecule has 7 heteroatoms. The SMILES string of the molecule is COC(=O)c1ccccc1Nc1ccc(C(=O)Nc2cccc(Cl)c2C)nc1. The minimum atomic E-state index is -0.441. The van der Waals surface area contributed by atoms with Crippen LogP contribution in [0.2, 0.25) is 5.02 Å². The lowest BCUT2D eigenvalue weighted by Gasteiger charge is -2.11. The van der Waals surface area contributed by atoms with E-state index >= 15 is 0 Å². The highest BCUT2D eigenvalue weighted by atomic mass is 35.5. The maximum atomic E-state index is 12.4. The topological polar surface area (TPSA) is 80.3 Å². The third-order valence-electron chi connectivity index (χ3n) is 4.12. The summed E-state index contributed by atoms with van der Waals surface area (Å²) in [6, 6.07) is 15.6. The molecule has 2 aromatic carbocycles. The number of rotatable bonds is 5. The van der Waals surface area contributed by atoms with Crippen molar-refractivity contribution in [1.82, 2.24) is 4.98 Å². The minimum Gasteiger partial charge on any atom is -0.465 e. The number of hydrogen-bond donors (Lipinski definition) is 2. The van der Waals surface area contributed by atoms with Crippen LogP contribution >= 0.6 is 11.6 Å². The van der Waals surface area contributed by atoms with E-state index in [1.807, 2.05) is 6.92 Å². The number of carbonyl (C=O) groups is 2. The number of esters is 1. The quantitative estimate of drug-likeness (QED) is 0.605. The Morgan fingerprint density at radius 3 is 2.46 bits per heavy atom. The predicted octanol–water partition coefficient (Wildman–Crippen LogP) is 4.83. The lowest BCUT2D eigenvalue weighted by Crippen LogP contribution is -2.14. The molecule has 0 radical (unpaired) electrons. The lowest BCUT2D eigenvalue weighted by molar-refractivity contribution is 0.0601. The van der Waals surface area contributed by atoms with Gasteiger partial charge in [-0.3, -0.25) is 4.79 Å². The summed E-state index contributed by atoms with van der Waals surface area (Å²) in [7, 11) is 1.33. The number of benzene rings is 2. The fraction of sp³-hybridized carbons (Fsp3) is 0.0952. The summed E-state index contributed by atoms with van der Waals surface area (Å²) in [4.78, 5) is 28.5. The first-order valence-corrected chi connectivity index (χ1v) is 8.84. The number of hydrogen-bond acceptors (Lipinski definition) is 5. The Morgan fingerprint density at radius 2 is 1.75 bits per heavy atom. The van der Waals surface area contributed by atoms with Crippen molar-refractivity contribution in [2.24, 2.45) is 0 Å². The number of anilines is 3. The number of ether oxygens (including phenoxy) is 1. The summed E-state index contributed by atoms with van der Waals surface area (Å²) < 4.78 is 4.78. The van der Waals surface area contributed by atoms with Gasteiger partial charge in [0.2, 0.25) is 0 Å². The molecule has 0 spiro atoms. The standard InChI is InChI=1S/C21H18ClN3O3/c1-13-16(22)7-5-9-17(13)25-20(26)19-11-10-14(12-23-19)24-18-8-4-3-6-15(18)21(27)28-2/h3-12,24H,1-2H3,(H,25,26). The average Bonchev–Trinajstić information content (AvgIpc) is 2.71. The van der Waals surface area contributed by atoms with Crippen LogP contribution < -0.4 is 10.6 Å². The van der Waals surface area contributed by atoms with Gasteiger partial charge in [-0.2, -0.15) is 0 Å². The second kappa shape index (κ2) is 8.54. The van der Waals surface area contributed by atoms with Crippen LogP contribution in [0.4, 0.5) is 17.1 Å². The van der Waals surface area contributed by atoms with Gasteiger partial charge in [0.1, 0.15) is 5.69 Å². The molecule has 0 aliphatic heterocycles. The normalized spacial score (nSPS) is 10.2. The number of pyridine rings is 1. The maximum Gasteiger partial charge on any atom is 0.339 e. The number of carbonyl (C=O) groups excluding carboxylic acids is 2. The van der Waals surface area contributed by atoms with Crippen molar-refractivity contribution in [3.8, 4) is 0 Å². The van der Waals surface area contributed by atoms with E-state index in [-0.39, 0.29) is 11.6 Å². The Balaban J connectivity index is 1.74. The second-order valence-corrected chi connectivity index (χ2v) is 6.37. The first-order valence-electron chi connectivity index (χ1n) is 8.46. The van der Waals surface area contributed by atoms with Gasteiger partial charge >= 0.3 is 5.97 Å². The molecule has 6 nitrogen and oxygen atoms in total. The van der Waals surface area contributed by atoms with Crippen molar-refractivity contribution in [2.45, 2.75) is 6.92 Å². The number of aromatic nitrogens is 1. The molecule has 0 aliphatic rings. The van der Waals surface area contributed by atoms with E-state index in [9.17, 15) is 9.59 Å². The van der Waals surface area contributed by atoms with Crippen LogP contribution in [0.5, 0.6) is 0 Å². The van der Waals surface area contributed by atoms with Gasteiger partial charge in [-0.1, -0.05) is 29.8 Å². The lowest BCUT2D eigenvalue weighted by atomic mass is 10.1. The van der Waals surface area contributed by atoms with Crippen LogP contribution in [0.15, 0.2) is 60.8 Å². The Kier molecular flexibility index (Phi) is 5.91. The summed E-state index contributed by atoms with van der Waals surface area (Å²) in [5.41, 5.74) is 3.30. The molecule has 1 heterocycles. The molecule has 0 aliphatic carbocycles. The Bertz CT molecular complexity index is 1020. The molecule has 28 heavy (non-hydrogen) atoms. The summed E-state index contributed by atoms with van der Waals surface area (Å²) in [6.45, 7) is 1.83. The van der Waals surface area contributed by atoms with Crippen LogP contribution in [-0.4, -0.2) is 24.0 Å². The number of nitrogens with one attached hydrogen (secondary N) is 2. The van der Waals surface area contributed by atoms with Crippen LogP contribution in [0.1, 0.15) is 26.4 Å². The number of halogens is 1. The smallest absolute Gasteiger partial charge is 0.339 e. The van der Waals surface area contributed by atoms with Gasteiger partial charge in [0.15, 0.2) is 0 Å². The molecular weight excluding hydrogens is 378 g/mol. The van der Waals surface area contributed by atoms with Gasteiger partial charge in [0.05, 0.1) is 30.2 Å². The molecular formula is C21H18ClN3O3. The maximum absolute atomic E-state index is 12.4. The number of amides is 1. The van der Waals surface area contributed by atoms with Crippen LogP contribution in [0.25, 0.3) is 0 Å². The van der Waals surface area contributed by atoms with Gasteiger partial charge < -0.3 is 15.4 Å². The van der Waals surface area contributed by atoms with Crippen molar-refractivity contribution in [3.05, 3.63) is 82.6 Å². The third kappa shape index (κ3) is 4.29. The van der Waals surface area contributed by atoms with Gasteiger partial charge in [0.25, 0.3) is 5.91 Å².